The lowest BCUT2D eigenvalue weighted by molar-refractivity contribution is -0.232. The van der Waals surface area contributed by atoms with E-state index in [-0.39, 0.29) is 47.5 Å². The Morgan fingerprint density at radius 3 is 2.42 bits per heavy atom. The second-order valence-electron chi connectivity index (χ2n) is 13.5. The zero-order valence-electron chi connectivity index (χ0n) is 23.4. The fraction of sp³-hybridized carbons (Fsp3) is 0.677. The summed E-state index contributed by atoms with van der Waals surface area (Å²) >= 11 is 0. The normalized spacial score (nSPS) is 44.3. The first kappa shape index (κ1) is 27.0. The highest BCUT2D eigenvalue weighted by Crippen LogP contribution is 2.73. The lowest BCUT2D eigenvalue weighted by Gasteiger charge is -2.67. The quantitative estimate of drug-likeness (QED) is 0.570. The van der Waals surface area contributed by atoms with E-state index in [1.165, 1.54) is 0 Å². The average Bonchev–Trinajstić information content (AvgIpc) is 3.48. The third-order valence-corrected chi connectivity index (χ3v) is 11.3. The first-order valence-electron chi connectivity index (χ1n) is 13.9. The molecule has 0 bridgehead atoms. The standard InChI is InChI=1S/C31H40O7/c1-8-16(2)27(36)38-22-14-20-29(5)11-9-21(33)28(3,4)25(29)23(34)26(35)31(20,7)24-19(32)13-18(30(22,24)6)17-10-12-37-15-17/h9-12,15-16,18,20,22,24-26,35H,8,13-14H2,1-7H3/t16?,18-,20+,22-,24+,25-,26+,29+,30+,31+/m0/s1. The molecule has 0 spiro atoms. The van der Waals surface area contributed by atoms with Crippen molar-refractivity contribution in [3.05, 3.63) is 36.3 Å². The monoisotopic (exact) mass is 524 g/mol. The third kappa shape index (κ3) is 3.23. The zero-order valence-corrected chi connectivity index (χ0v) is 23.4. The van der Waals surface area contributed by atoms with Gasteiger partial charge in [0.1, 0.15) is 18.0 Å². The van der Waals surface area contributed by atoms with Crippen LogP contribution in [0.2, 0.25) is 0 Å². The largest absolute Gasteiger partial charge is 0.472 e. The van der Waals surface area contributed by atoms with Crippen LogP contribution in [0.15, 0.2) is 35.2 Å². The summed E-state index contributed by atoms with van der Waals surface area (Å²) in [6.45, 7) is 13.1. The second-order valence-corrected chi connectivity index (χ2v) is 13.5. The molecule has 3 saturated carbocycles. The Kier molecular flexibility index (Phi) is 6.03. The molecule has 10 atom stereocenters. The molecule has 1 heterocycles. The molecule has 0 amide bonds. The van der Waals surface area contributed by atoms with Crippen LogP contribution in [-0.4, -0.2) is 40.6 Å². The number of aliphatic hydroxyl groups is 1. The number of hydrogen-bond donors (Lipinski definition) is 1. The van der Waals surface area contributed by atoms with E-state index in [9.17, 15) is 24.3 Å². The number of aliphatic hydroxyl groups excluding tert-OH is 1. The Bertz CT molecular complexity index is 1210. The van der Waals surface area contributed by atoms with Gasteiger partial charge >= 0.3 is 5.97 Å². The van der Waals surface area contributed by atoms with Crippen LogP contribution in [0, 0.1) is 45.3 Å². The molecule has 4 aliphatic carbocycles. The van der Waals surface area contributed by atoms with E-state index in [1.807, 2.05) is 46.8 Å². The van der Waals surface area contributed by atoms with Crippen molar-refractivity contribution >= 4 is 23.3 Å². The minimum Gasteiger partial charge on any atom is -0.472 e. The van der Waals surface area contributed by atoms with Gasteiger partial charge in [0.05, 0.1) is 18.4 Å². The highest BCUT2D eigenvalue weighted by molar-refractivity contribution is 6.03. The Morgan fingerprint density at radius 1 is 1.13 bits per heavy atom. The fourth-order valence-electron chi connectivity index (χ4n) is 9.19. The predicted octanol–water partition coefficient (Wildman–Crippen LogP) is 4.67. The van der Waals surface area contributed by atoms with Crippen LogP contribution in [0.5, 0.6) is 0 Å². The van der Waals surface area contributed by atoms with Gasteiger partial charge in [0.2, 0.25) is 0 Å². The lowest BCUT2D eigenvalue weighted by Crippen LogP contribution is -2.72. The molecular formula is C31H40O7. The van der Waals surface area contributed by atoms with Crippen LogP contribution >= 0.6 is 0 Å². The minimum absolute atomic E-state index is 0.0421. The van der Waals surface area contributed by atoms with Crippen molar-refractivity contribution in [2.24, 2.45) is 45.3 Å². The van der Waals surface area contributed by atoms with E-state index in [4.69, 9.17) is 9.15 Å². The zero-order chi connectivity index (χ0) is 28.0. The lowest BCUT2D eigenvalue weighted by atomic mass is 9.36. The van der Waals surface area contributed by atoms with Gasteiger partial charge < -0.3 is 14.3 Å². The van der Waals surface area contributed by atoms with E-state index in [2.05, 4.69) is 0 Å². The summed E-state index contributed by atoms with van der Waals surface area (Å²) in [5, 5.41) is 11.8. The fourth-order valence-corrected chi connectivity index (χ4v) is 9.19. The van der Waals surface area contributed by atoms with Gasteiger partial charge in [-0.15, -0.1) is 0 Å². The summed E-state index contributed by atoms with van der Waals surface area (Å²) < 4.78 is 11.7. The van der Waals surface area contributed by atoms with Gasteiger partial charge in [-0.1, -0.05) is 54.5 Å². The number of allylic oxidation sites excluding steroid dienone is 2. The molecule has 1 aromatic rings. The molecule has 0 aromatic carbocycles. The van der Waals surface area contributed by atoms with E-state index >= 15 is 0 Å². The molecular weight excluding hydrogens is 484 g/mol. The highest BCUT2D eigenvalue weighted by Gasteiger charge is 2.76. The summed E-state index contributed by atoms with van der Waals surface area (Å²) in [6, 6.07) is 1.84. The van der Waals surface area contributed by atoms with Crippen molar-refractivity contribution in [3.8, 4) is 0 Å². The summed E-state index contributed by atoms with van der Waals surface area (Å²) in [5.41, 5.74) is -2.93. The van der Waals surface area contributed by atoms with Crippen LogP contribution in [0.25, 0.3) is 0 Å². The molecule has 206 valence electrons. The van der Waals surface area contributed by atoms with Crippen molar-refractivity contribution in [1.82, 2.24) is 0 Å². The predicted molar refractivity (Wildman–Crippen MR) is 139 cm³/mol. The Labute approximate surface area is 224 Å². The summed E-state index contributed by atoms with van der Waals surface area (Å²) in [7, 11) is 0. The number of ether oxygens (including phenoxy) is 1. The number of carbonyl (C=O) groups excluding carboxylic acids is 4. The van der Waals surface area contributed by atoms with Crippen LogP contribution in [0.3, 0.4) is 0 Å². The maximum Gasteiger partial charge on any atom is 0.308 e. The average molecular weight is 525 g/mol. The smallest absolute Gasteiger partial charge is 0.308 e. The Balaban J connectivity index is 1.72. The van der Waals surface area contributed by atoms with Gasteiger partial charge in [0.25, 0.3) is 0 Å². The Hall–Kier alpha value is -2.54. The van der Waals surface area contributed by atoms with Crippen LogP contribution in [-0.2, 0) is 23.9 Å². The van der Waals surface area contributed by atoms with E-state index in [0.29, 0.717) is 12.8 Å². The molecule has 0 radical (unpaired) electrons. The molecule has 0 aliphatic heterocycles. The first-order chi connectivity index (χ1) is 17.7. The minimum atomic E-state index is -1.42. The maximum atomic E-state index is 14.0. The van der Waals surface area contributed by atoms with Crippen molar-refractivity contribution in [1.29, 1.82) is 0 Å². The molecule has 1 unspecified atom stereocenters. The van der Waals surface area contributed by atoms with Crippen molar-refractivity contribution in [2.75, 3.05) is 0 Å². The SMILES string of the molecule is CCC(C)C(=O)O[C@H]1C[C@@H]2[C@@]3(C)C=CC(=O)C(C)(C)[C@@H]3C(=O)[C@@H](O)[C@@]2(C)[C@@H]2C(=O)C[C@@H](c3ccoc3)[C@@]21C. The van der Waals surface area contributed by atoms with Crippen molar-refractivity contribution in [3.63, 3.8) is 0 Å². The van der Waals surface area contributed by atoms with Gasteiger partial charge in [0.15, 0.2) is 11.6 Å². The molecule has 7 nitrogen and oxygen atoms in total. The summed E-state index contributed by atoms with van der Waals surface area (Å²) in [6.07, 6.45) is 5.74. The van der Waals surface area contributed by atoms with Gasteiger partial charge in [-0.05, 0) is 36.5 Å². The number of rotatable bonds is 4. The number of hydrogen-bond acceptors (Lipinski definition) is 7. The van der Waals surface area contributed by atoms with Gasteiger partial charge in [-0.2, -0.15) is 0 Å². The van der Waals surface area contributed by atoms with Crippen LogP contribution in [0.4, 0.5) is 0 Å². The van der Waals surface area contributed by atoms with Gasteiger partial charge in [-0.3, -0.25) is 19.2 Å². The van der Waals surface area contributed by atoms with E-state index in [0.717, 1.165) is 5.56 Å². The number of furan rings is 1. The van der Waals surface area contributed by atoms with Crippen LogP contribution in [0.1, 0.15) is 79.2 Å². The Morgan fingerprint density at radius 2 is 1.82 bits per heavy atom. The number of carbonyl (C=O) groups is 4. The molecule has 4 aliphatic rings. The topological polar surface area (TPSA) is 111 Å². The second kappa shape index (κ2) is 8.48. The third-order valence-electron chi connectivity index (χ3n) is 11.3. The maximum absolute atomic E-state index is 14.0. The molecule has 1 N–H and O–H groups in total. The number of ketones is 3. The number of fused-ring (bicyclic) bond motifs is 5. The first-order valence-corrected chi connectivity index (χ1v) is 13.9. The molecule has 5 rings (SSSR count). The molecule has 1 aromatic heterocycles. The highest BCUT2D eigenvalue weighted by atomic mass is 16.5. The summed E-state index contributed by atoms with van der Waals surface area (Å²) in [4.78, 5) is 54.2. The molecule has 38 heavy (non-hydrogen) atoms. The molecule has 0 saturated heterocycles. The van der Waals surface area contributed by atoms with Gasteiger partial charge in [0, 0.05) is 45.8 Å². The van der Waals surface area contributed by atoms with E-state index < -0.39 is 45.7 Å². The van der Waals surface area contributed by atoms with E-state index in [1.54, 1.807) is 32.4 Å². The summed E-state index contributed by atoms with van der Waals surface area (Å²) in [5.74, 6) is -3.34. The van der Waals surface area contributed by atoms with Crippen molar-refractivity contribution < 1.29 is 33.4 Å². The van der Waals surface area contributed by atoms with Crippen LogP contribution < -0.4 is 0 Å². The van der Waals surface area contributed by atoms with Crippen molar-refractivity contribution in [2.45, 2.75) is 85.9 Å². The van der Waals surface area contributed by atoms with Gasteiger partial charge in [-0.25, -0.2) is 0 Å². The number of Topliss-reactive ketones (excluding diaryl/α,β-unsaturated/α-hetero) is 2. The molecule has 3 fully saturated rings. The number of esters is 1. The molecule has 7 heteroatoms.